The molecule has 0 fully saturated rings. The highest BCUT2D eigenvalue weighted by molar-refractivity contribution is 5.51. The molecule has 21 heavy (non-hydrogen) atoms. The Hall–Kier alpha value is -2.31. The van der Waals surface area contributed by atoms with E-state index in [1.807, 2.05) is 30.3 Å². The molecule has 0 saturated heterocycles. The van der Waals surface area contributed by atoms with Crippen molar-refractivity contribution in [2.45, 2.75) is 6.04 Å². The molecule has 3 N–H and O–H groups in total. The number of methoxy groups -OCH3 is 3. The number of nitrogens with one attached hydrogen (secondary N) is 1. The molecular weight excluding hydrogens is 270 g/mol. The van der Waals surface area contributed by atoms with E-state index in [1.54, 1.807) is 27.5 Å². The van der Waals surface area contributed by atoms with Gasteiger partial charge in [0.25, 0.3) is 0 Å². The zero-order valence-corrected chi connectivity index (χ0v) is 12.3. The summed E-state index contributed by atoms with van der Waals surface area (Å²) in [5, 5.41) is 0. The Morgan fingerprint density at radius 2 is 1.67 bits per heavy atom. The summed E-state index contributed by atoms with van der Waals surface area (Å²) in [4.78, 5) is 4.20. The summed E-state index contributed by atoms with van der Waals surface area (Å²) in [6, 6.07) is 8.90. The Kier molecular flexibility index (Phi) is 4.97. The first-order chi connectivity index (χ1) is 10.3. The first-order valence-corrected chi connectivity index (χ1v) is 6.42. The Morgan fingerprint density at radius 1 is 1.00 bits per heavy atom. The monoisotopic (exact) mass is 289 g/mol. The van der Waals surface area contributed by atoms with Gasteiger partial charge in [-0.25, -0.2) is 10.4 Å². The van der Waals surface area contributed by atoms with Crippen LogP contribution in [-0.4, -0.2) is 26.3 Å². The molecule has 112 valence electrons. The van der Waals surface area contributed by atoms with Gasteiger partial charge in [-0.1, -0.05) is 12.1 Å². The van der Waals surface area contributed by atoms with Gasteiger partial charge in [-0.15, -0.1) is 0 Å². The molecule has 1 heterocycles. The number of aromatic nitrogens is 1. The van der Waals surface area contributed by atoms with Crippen LogP contribution in [0.1, 0.15) is 17.2 Å². The van der Waals surface area contributed by atoms with E-state index < -0.39 is 0 Å². The van der Waals surface area contributed by atoms with E-state index in [1.165, 1.54) is 0 Å². The van der Waals surface area contributed by atoms with Crippen molar-refractivity contribution in [1.29, 1.82) is 0 Å². The lowest BCUT2D eigenvalue weighted by Crippen LogP contribution is -2.30. The summed E-state index contributed by atoms with van der Waals surface area (Å²) in [7, 11) is 4.78. The summed E-state index contributed by atoms with van der Waals surface area (Å²) < 4.78 is 16.2. The van der Waals surface area contributed by atoms with Crippen LogP contribution in [0.4, 0.5) is 0 Å². The predicted molar refractivity (Wildman–Crippen MR) is 79.5 cm³/mol. The fourth-order valence-corrected chi connectivity index (χ4v) is 2.29. The fourth-order valence-electron chi connectivity index (χ4n) is 2.29. The molecule has 1 unspecified atom stereocenters. The molecule has 2 aromatic rings. The molecule has 0 radical (unpaired) electrons. The Balaban J connectivity index is 2.61. The number of ether oxygens (including phenoxy) is 3. The maximum absolute atomic E-state index is 5.76. The van der Waals surface area contributed by atoms with Crippen molar-refractivity contribution < 1.29 is 14.2 Å². The highest BCUT2D eigenvalue weighted by Gasteiger charge is 2.24. The van der Waals surface area contributed by atoms with Gasteiger partial charge in [0.1, 0.15) is 11.5 Å². The zero-order valence-electron chi connectivity index (χ0n) is 12.3. The minimum Gasteiger partial charge on any atom is -0.496 e. The molecule has 6 nitrogen and oxygen atoms in total. The SMILES string of the molecule is COc1cccc(OC)c1C(NN)c1cccnc1OC. The van der Waals surface area contributed by atoms with Crippen LogP contribution < -0.4 is 25.5 Å². The minimum atomic E-state index is -0.375. The van der Waals surface area contributed by atoms with Crippen molar-refractivity contribution in [3.8, 4) is 17.4 Å². The number of nitrogens with zero attached hydrogens (tertiary/aromatic N) is 1. The largest absolute Gasteiger partial charge is 0.496 e. The molecule has 0 saturated carbocycles. The van der Waals surface area contributed by atoms with Crippen molar-refractivity contribution in [2.75, 3.05) is 21.3 Å². The summed E-state index contributed by atoms with van der Waals surface area (Å²) in [5.74, 6) is 7.60. The summed E-state index contributed by atoms with van der Waals surface area (Å²) in [5.41, 5.74) is 4.36. The van der Waals surface area contributed by atoms with Crippen molar-refractivity contribution in [3.05, 3.63) is 47.7 Å². The van der Waals surface area contributed by atoms with E-state index in [9.17, 15) is 0 Å². The van der Waals surface area contributed by atoms with E-state index in [0.717, 1.165) is 11.1 Å². The Bertz CT molecular complexity index is 582. The Labute approximate surface area is 123 Å². The number of benzene rings is 1. The topological polar surface area (TPSA) is 78.6 Å². The Morgan fingerprint density at radius 3 is 2.19 bits per heavy atom. The molecule has 0 amide bonds. The van der Waals surface area contributed by atoms with Gasteiger partial charge in [0, 0.05) is 11.8 Å². The highest BCUT2D eigenvalue weighted by Crippen LogP contribution is 2.38. The number of nitrogens with two attached hydrogens (primary N) is 1. The average molecular weight is 289 g/mol. The van der Waals surface area contributed by atoms with Crippen LogP contribution in [0.3, 0.4) is 0 Å². The maximum Gasteiger partial charge on any atom is 0.218 e. The number of hydrazine groups is 1. The van der Waals surface area contributed by atoms with Gasteiger partial charge in [0.2, 0.25) is 5.88 Å². The van der Waals surface area contributed by atoms with E-state index in [4.69, 9.17) is 20.1 Å². The third-order valence-electron chi connectivity index (χ3n) is 3.23. The fraction of sp³-hybridized carbons (Fsp3) is 0.267. The van der Waals surface area contributed by atoms with E-state index >= 15 is 0 Å². The van der Waals surface area contributed by atoms with Crippen LogP contribution in [-0.2, 0) is 0 Å². The van der Waals surface area contributed by atoms with E-state index in [-0.39, 0.29) is 6.04 Å². The molecule has 6 heteroatoms. The van der Waals surface area contributed by atoms with Gasteiger partial charge in [-0.2, -0.15) is 0 Å². The number of rotatable bonds is 6. The van der Waals surface area contributed by atoms with E-state index in [2.05, 4.69) is 10.4 Å². The molecule has 1 aromatic carbocycles. The molecular formula is C15H19N3O3. The van der Waals surface area contributed by atoms with Gasteiger partial charge in [0.05, 0.1) is 32.9 Å². The van der Waals surface area contributed by atoms with Crippen molar-refractivity contribution >= 4 is 0 Å². The molecule has 1 atom stereocenters. The second kappa shape index (κ2) is 6.92. The molecule has 0 spiro atoms. The van der Waals surface area contributed by atoms with Crippen molar-refractivity contribution in [1.82, 2.24) is 10.4 Å². The first-order valence-electron chi connectivity index (χ1n) is 6.42. The molecule has 0 aliphatic heterocycles. The molecule has 0 aliphatic rings. The normalized spacial score (nSPS) is 11.8. The van der Waals surface area contributed by atoms with Gasteiger partial charge in [-0.05, 0) is 18.2 Å². The number of pyridine rings is 1. The highest BCUT2D eigenvalue weighted by atomic mass is 16.5. The second-order valence-electron chi connectivity index (χ2n) is 4.28. The second-order valence-corrected chi connectivity index (χ2v) is 4.28. The molecule has 0 bridgehead atoms. The van der Waals surface area contributed by atoms with Gasteiger partial charge in [0.15, 0.2) is 0 Å². The summed E-state index contributed by atoms with van der Waals surface area (Å²) in [6.45, 7) is 0. The smallest absolute Gasteiger partial charge is 0.218 e. The van der Waals surface area contributed by atoms with Crippen LogP contribution in [0.25, 0.3) is 0 Å². The molecule has 0 aliphatic carbocycles. The molecule has 2 rings (SSSR count). The molecule has 1 aromatic heterocycles. The van der Waals surface area contributed by atoms with Gasteiger partial charge >= 0.3 is 0 Å². The minimum absolute atomic E-state index is 0.375. The lowest BCUT2D eigenvalue weighted by molar-refractivity contribution is 0.368. The van der Waals surface area contributed by atoms with E-state index in [0.29, 0.717) is 17.4 Å². The third kappa shape index (κ3) is 2.91. The predicted octanol–water partition coefficient (Wildman–Crippen LogP) is 1.66. The standard InChI is InChI=1S/C15H19N3O3/c1-19-11-7-4-8-12(20-2)13(11)14(18-16)10-6-5-9-17-15(10)21-3/h4-9,14,18H,16H2,1-3H3. The van der Waals surface area contributed by atoms with Crippen LogP contribution in [0, 0.1) is 0 Å². The van der Waals surface area contributed by atoms with Crippen molar-refractivity contribution in [3.63, 3.8) is 0 Å². The van der Waals surface area contributed by atoms with Gasteiger partial charge in [-0.3, -0.25) is 5.84 Å². The van der Waals surface area contributed by atoms with Crippen LogP contribution in [0.15, 0.2) is 36.5 Å². The van der Waals surface area contributed by atoms with Crippen LogP contribution in [0.2, 0.25) is 0 Å². The lowest BCUT2D eigenvalue weighted by Gasteiger charge is -2.22. The lowest BCUT2D eigenvalue weighted by atomic mass is 9.98. The first kappa shape index (κ1) is 15.1. The van der Waals surface area contributed by atoms with Crippen molar-refractivity contribution in [2.24, 2.45) is 5.84 Å². The average Bonchev–Trinajstić information content (AvgIpc) is 2.56. The van der Waals surface area contributed by atoms with Gasteiger partial charge < -0.3 is 14.2 Å². The summed E-state index contributed by atoms with van der Waals surface area (Å²) >= 11 is 0. The third-order valence-corrected chi connectivity index (χ3v) is 3.23. The van der Waals surface area contributed by atoms with Crippen LogP contribution in [0.5, 0.6) is 17.4 Å². The quantitative estimate of drug-likeness (QED) is 0.622. The number of hydrogen-bond acceptors (Lipinski definition) is 6. The summed E-state index contributed by atoms with van der Waals surface area (Å²) in [6.07, 6.45) is 1.66. The number of hydrogen-bond donors (Lipinski definition) is 2. The van der Waals surface area contributed by atoms with Crippen LogP contribution >= 0.6 is 0 Å². The maximum atomic E-state index is 5.76. The zero-order chi connectivity index (χ0) is 15.2.